The zero-order valence-electron chi connectivity index (χ0n) is 21.6. The van der Waals surface area contributed by atoms with Crippen LogP contribution in [0.15, 0.2) is 47.6 Å². The van der Waals surface area contributed by atoms with Gasteiger partial charge in [-0.15, -0.1) is 5.10 Å². The Morgan fingerprint density at radius 2 is 1.97 bits per heavy atom. The molecule has 2 aromatic rings. The average molecular weight is 493 g/mol. The van der Waals surface area contributed by atoms with Crippen molar-refractivity contribution in [3.63, 3.8) is 0 Å². The molecule has 7 nitrogen and oxygen atoms in total. The van der Waals surface area contributed by atoms with E-state index in [4.69, 9.17) is 4.74 Å². The van der Waals surface area contributed by atoms with Gasteiger partial charge in [0, 0.05) is 13.0 Å². The number of aryl methyl sites for hydroxylation is 1. The van der Waals surface area contributed by atoms with Crippen LogP contribution in [0, 0.1) is 34.5 Å². The second-order valence-corrected chi connectivity index (χ2v) is 12.3. The lowest BCUT2D eigenvalue weighted by molar-refractivity contribution is -0.180. The summed E-state index contributed by atoms with van der Waals surface area (Å²) in [5, 5.41) is 40.0. The molecule has 1 aromatic heterocycles. The summed E-state index contributed by atoms with van der Waals surface area (Å²) in [6.07, 6.45) is 2.53. The zero-order valence-corrected chi connectivity index (χ0v) is 21.6. The SMILES string of the molecule is CC1=CC23CC(C)CC4C([C@H](C=C(CO)[C@@H](O)[C@]2(O)[C@H]1Oc1nn(C)c2ccccc12)C3=O)C4(C)C. The Morgan fingerprint density at radius 1 is 1.25 bits per heavy atom. The molecule has 1 heterocycles. The number of Topliss-reactive ketones (excluding diaryl/α,β-unsaturated/α-hetero) is 1. The largest absolute Gasteiger partial charge is 0.465 e. The lowest BCUT2D eigenvalue weighted by Crippen LogP contribution is -2.65. The van der Waals surface area contributed by atoms with Crippen molar-refractivity contribution in [3.05, 3.63) is 47.6 Å². The first kappa shape index (κ1) is 23.9. The summed E-state index contributed by atoms with van der Waals surface area (Å²) in [4.78, 5) is 14.5. The number of rotatable bonds is 3. The Bertz CT molecular complexity index is 1320. The van der Waals surface area contributed by atoms with Crippen molar-refractivity contribution in [2.75, 3.05) is 6.61 Å². The number of aliphatic hydroxyl groups excluding tert-OH is 2. The highest BCUT2D eigenvalue weighted by molar-refractivity contribution is 5.95. The van der Waals surface area contributed by atoms with Crippen LogP contribution in [0.25, 0.3) is 10.9 Å². The van der Waals surface area contributed by atoms with E-state index in [1.54, 1.807) is 10.8 Å². The van der Waals surface area contributed by atoms with Crippen molar-refractivity contribution in [1.29, 1.82) is 0 Å². The van der Waals surface area contributed by atoms with E-state index in [1.165, 1.54) is 0 Å². The zero-order chi connectivity index (χ0) is 25.8. The Kier molecular flexibility index (Phi) is 4.99. The standard InChI is InChI=1S/C29H36N2O5/c1-15-10-20-22(27(20,3)4)19-11-17(14-32)23(33)29(35)25(16(2)13-28(29,12-15)24(19)34)36-26-18-8-6-7-9-21(18)31(5)30-26/h6-9,11,13,15,19-20,22-23,25,32-33,35H,10,12,14H2,1-5H3/t15?,19-,20?,22?,23+,25-,28?,29-/m0/s1. The first-order valence-corrected chi connectivity index (χ1v) is 13.0. The minimum atomic E-state index is -1.98. The Labute approximate surface area is 211 Å². The lowest BCUT2D eigenvalue weighted by Gasteiger charge is -2.47. The molecule has 1 aromatic carbocycles. The van der Waals surface area contributed by atoms with E-state index in [-0.39, 0.29) is 28.6 Å². The maximum atomic E-state index is 14.5. The quantitative estimate of drug-likeness (QED) is 0.569. The molecule has 8 atom stereocenters. The maximum Gasteiger partial charge on any atom is 0.241 e. The van der Waals surface area contributed by atoms with E-state index in [2.05, 4.69) is 25.9 Å². The third kappa shape index (κ3) is 2.85. The highest BCUT2D eigenvalue weighted by Crippen LogP contribution is 2.69. The predicted octanol–water partition coefficient (Wildman–Crippen LogP) is 3.18. The van der Waals surface area contributed by atoms with Gasteiger partial charge in [0.05, 0.1) is 22.9 Å². The van der Waals surface area contributed by atoms with E-state index in [1.807, 2.05) is 44.3 Å². The monoisotopic (exact) mass is 492 g/mol. The molecule has 4 aliphatic rings. The first-order valence-electron chi connectivity index (χ1n) is 13.0. The second-order valence-electron chi connectivity index (χ2n) is 12.3. The highest BCUT2D eigenvalue weighted by atomic mass is 16.5. The van der Waals surface area contributed by atoms with E-state index in [0.29, 0.717) is 23.8 Å². The van der Waals surface area contributed by atoms with Gasteiger partial charge >= 0.3 is 0 Å². The van der Waals surface area contributed by atoms with Crippen LogP contribution in [0.2, 0.25) is 0 Å². The number of ketones is 1. The molecule has 0 aliphatic heterocycles. The molecular formula is C29H36N2O5. The number of hydrogen-bond donors (Lipinski definition) is 3. The molecule has 0 saturated heterocycles. The third-order valence-corrected chi connectivity index (χ3v) is 9.89. The van der Waals surface area contributed by atoms with Gasteiger partial charge in [-0.05, 0) is 66.2 Å². The van der Waals surface area contributed by atoms with Gasteiger partial charge in [0.15, 0.2) is 17.5 Å². The molecule has 192 valence electrons. The van der Waals surface area contributed by atoms with Gasteiger partial charge in [0.1, 0.15) is 6.10 Å². The van der Waals surface area contributed by atoms with Gasteiger partial charge in [0.2, 0.25) is 5.88 Å². The maximum absolute atomic E-state index is 14.5. The van der Waals surface area contributed by atoms with Gasteiger partial charge in [-0.1, -0.05) is 45.1 Å². The number of para-hydroxylation sites is 1. The highest BCUT2D eigenvalue weighted by Gasteiger charge is 2.73. The van der Waals surface area contributed by atoms with Gasteiger partial charge < -0.3 is 20.1 Å². The Morgan fingerprint density at radius 3 is 2.69 bits per heavy atom. The minimum Gasteiger partial charge on any atom is -0.465 e. The van der Waals surface area contributed by atoms with Crippen LogP contribution in [0.5, 0.6) is 5.88 Å². The van der Waals surface area contributed by atoms with Crippen LogP contribution >= 0.6 is 0 Å². The number of hydrogen-bond acceptors (Lipinski definition) is 6. The van der Waals surface area contributed by atoms with E-state index >= 15 is 0 Å². The van der Waals surface area contributed by atoms with E-state index in [0.717, 1.165) is 17.3 Å². The van der Waals surface area contributed by atoms with Gasteiger partial charge in [-0.3, -0.25) is 9.48 Å². The summed E-state index contributed by atoms with van der Waals surface area (Å²) < 4.78 is 8.18. The van der Waals surface area contributed by atoms with Crippen LogP contribution in [0.3, 0.4) is 0 Å². The number of carbonyl (C=O) groups excluding carboxylic acids is 1. The number of aromatic nitrogens is 2. The van der Waals surface area contributed by atoms with Crippen molar-refractivity contribution in [2.45, 2.75) is 58.3 Å². The number of benzene rings is 1. The minimum absolute atomic E-state index is 0.00920. The lowest BCUT2D eigenvalue weighted by atomic mass is 9.60. The molecule has 1 spiro atoms. The number of carbonyl (C=O) groups is 1. The first-order chi connectivity index (χ1) is 17.0. The molecule has 4 aliphatic carbocycles. The fourth-order valence-electron chi connectivity index (χ4n) is 8.10. The third-order valence-electron chi connectivity index (χ3n) is 9.89. The summed E-state index contributed by atoms with van der Waals surface area (Å²) in [5.74, 6) is 0.481. The summed E-state index contributed by atoms with van der Waals surface area (Å²) in [6.45, 7) is 7.95. The molecule has 7 heteroatoms. The van der Waals surface area contributed by atoms with Gasteiger partial charge in [-0.2, -0.15) is 0 Å². The second kappa shape index (κ2) is 7.53. The van der Waals surface area contributed by atoms with Crippen LogP contribution < -0.4 is 4.74 Å². The average Bonchev–Trinajstić information content (AvgIpc) is 3.11. The Balaban J connectivity index is 1.52. The Hall–Kier alpha value is -2.48. The predicted molar refractivity (Wildman–Crippen MR) is 135 cm³/mol. The number of allylic oxidation sites excluding steroid dienone is 1. The normalized spacial score (nSPS) is 40.9. The van der Waals surface area contributed by atoms with Crippen LogP contribution in [0.4, 0.5) is 0 Å². The van der Waals surface area contributed by atoms with Gasteiger partial charge in [0.25, 0.3) is 0 Å². The number of fused-ring (bicyclic) bond motifs is 4. The molecule has 6 rings (SSSR count). The van der Waals surface area contributed by atoms with Gasteiger partial charge in [-0.25, -0.2) is 0 Å². The molecule has 4 unspecified atom stereocenters. The van der Waals surface area contributed by atoms with Crippen molar-refractivity contribution in [2.24, 2.45) is 41.5 Å². The summed E-state index contributed by atoms with van der Waals surface area (Å²) in [5.41, 5.74) is -1.45. The van der Waals surface area contributed by atoms with Crippen LogP contribution in [-0.4, -0.2) is 55.3 Å². The van der Waals surface area contributed by atoms with Crippen molar-refractivity contribution < 1.29 is 24.9 Å². The van der Waals surface area contributed by atoms with Crippen molar-refractivity contribution in [1.82, 2.24) is 9.78 Å². The van der Waals surface area contributed by atoms with Crippen LogP contribution in [0.1, 0.15) is 40.5 Å². The fraction of sp³-hybridized carbons (Fsp3) is 0.586. The number of ether oxygens (including phenoxy) is 1. The summed E-state index contributed by atoms with van der Waals surface area (Å²) >= 11 is 0. The topological polar surface area (TPSA) is 105 Å². The molecule has 2 fully saturated rings. The molecule has 0 radical (unpaired) electrons. The molecule has 3 N–H and O–H groups in total. The molecule has 36 heavy (non-hydrogen) atoms. The molecular weight excluding hydrogens is 456 g/mol. The smallest absolute Gasteiger partial charge is 0.241 e. The molecule has 0 amide bonds. The molecule has 2 bridgehead atoms. The summed E-state index contributed by atoms with van der Waals surface area (Å²) in [6, 6.07) is 7.67. The van der Waals surface area contributed by atoms with Crippen LogP contribution in [-0.2, 0) is 11.8 Å². The number of aliphatic hydroxyl groups is 3. The molecule has 2 saturated carbocycles. The van der Waals surface area contributed by atoms with Crippen molar-refractivity contribution in [3.8, 4) is 5.88 Å². The number of nitrogens with zero attached hydrogens (tertiary/aromatic N) is 2. The van der Waals surface area contributed by atoms with E-state index < -0.39 is 35.7 Å². The van der Waals surface area contributed by atoms with E-state index in [9.17, 15) is 20.1 Å². The van der Waals surface area contributed by atoms with Crippen molar-refractivity contribution >= 4 is 16.7 Å². The fourth-order valence-corrected chi connectivity index (χ4v) is 8.10. The summed E-state index contributed by atoms with van der Waals surface area (Å²) in [7, 11) is 1.83.